The fourth-order valence-electron chi connectivity index (χ4n) is 6.33. The van der Waals surface area contributed by atoms with Gasteiger partial charge in [-0.3, -0.25) is 14.4 Å². The van der Waals surface area contributed by atoms with Crippen molar-refractivity contribution in [3.63, 3.8) is 0 Å². The monoisotopic (exact) mass is 637 g/mol. The molecule has 8 N–H and O–H groups in total. The predicted molar refractivity (Wildman–Crippen MR) is 186 cm³/mol. The van der Waals surface area contributed by atoms with Gasteiger partial charge in [0.05, 0.1) is 6.04 Å². The highest BCUT2D eigenvalue weighted by Crippen LogP contribution is 2.26. The summed E-state index contributed by atoms with van der Waals surface area (Å²) in [5, 5.41) is 10.6. The number of H-pyrrole nitrogens is 1. The number of rotatable bonds is 9. The van der Waals surface area contributed by atoms with E-state index in [0.29, 0.717) is 64.7 Å². The summed E-state index contributed by atoms with van der Waals surface area (Å²) in [6.07, 6.45) is 5.15. The average Bonchev–Trinajstić information content (AvgIpc) is 3.51. The normalized spacial score (nSPS) is 19.6. The minimum Gasteiger partial charge on any atom is -0.361 e. The second-order valence-corrected chi connectivity index (χ2v) is 12.3. The Morgan fingerprint density at radius 3 is 2.40 bits per heavy atom. The van der Waals surface area contributed by atoms with Gasteiger partial charge in [0.15, 0.2) is 0 Å². The topological polar surface area (TPSA) is 158 Å². The van der Waals surface area contributed by atoms with E-state index in [1.807, 2.05) is 66.9 Å². The highest BCUT2D eigenvalue weighted by atomic mass is 16.2. The highest BCUT2D eigenvalue weighted by Gasteiger charge is 2.34. The lowest BCUT2D eigenvalue weighted by atomic mass is 9.97. The van der Waals surface area contributed by atoms with Crippen LogP contribution in [0.25, 0.3) is 22.0 Å². The number of carbonyl (C=O) groups is 3. The van der Waals surface area contributed by atoms with Crippen molar-refractivity contribution in [2.75, 3.05) is 20.1 Å². The molecule has 248 valence electrons. The van der Waals surface area contributed by atoms with E-state index in [1.54, 1.807) is 7.05 Å². The number of likely N-dealkylation sites (N-methyl/N-ethyl adjacent to an activating group) is 1. The van der Waals surface area contributed by atoms with Crippen LogP contribution < -0.4 is 27.4 Å². The van der Waals surface area contributed by atoms with Crippen LogP contribution in [0.15, 0.2) is 79.0 Å². The van der Waals surface area contributed by atoms with E-state index < -0.39 is 18.1 Å². The first-order valence-electron chi connectivity index (χ1n) is 16.6. The lowest BCUT2D eigenvalue weighted by Gasteiger charge is -2.32. The van der Waals surface area contributed by atoms with Crippen molar-refractivity contribution in [3.05, 3.63) is 95.7 Å². The number of aromatic amines is 1. The molecular weight excluding hydrogens is 590 g/mol. The number of hydrogen-bond acceptors (Lipinski definition) is 6. The number of nitrogens with one attached hydrogen (secondary N) is 4. The third-order valence-electron chi connectivity index (χ3n) is 9.04. The Balaban J connectivity index is 1.54. The van der Waals surface area contributed by atoms with Gasteiger partial charge in [-0.15, -0.1) is 0 Å². The molecule has 1 aliphatic rings. The number of amides is 3. The molecule has 0 saturated heterocycles. The Bertz CT molecular complexity index is 1670. The van der Waals surface area contributed by atoms with Gasteiger partial charge < -0.3 is 37.3 Å². The van der Waals surface area contributed by atoms with Crippen LogP contribution in [-0.4, -0.2) is 65.9 Å². The lowest BCUT2D eigenvalue weighted by molar-refractivity contribution is -0.142. The Labute approximate surface area is 276 Å². The van der Waals surface area contributed by atoms with E-state index in [0.717, 1.165) is 38.7 Å². The van der Waals surface area contributed by atoms with Gasteiger partial charge in [-0.05, 0) is 85.1 Å². The maximum absolute atomic E-state index is 14.3. The van der Waals surface area contributed by atoms with Gasteiger partial charge in [0.1, 0.15) is 12.1 Å². The molecular formula is C37H47N7O3. The van der Waals surface area contributed by atoms with Crippen LogP contribution in [0.5, 0.6) is 0 Å². The third-order valence-corrected chi connectivity index (χ3v) is 9.04. The molecule has 10 heteroatoms. The molecule has 2 bridgehead atoms. The SMILES string of the molecule is CN1C(=O)C(CCCCN)NC(=O)C(CCCN)NCc2cccc(c2)-c2ccccc2CNC(=O)C1Cc1c[nH]c2ccccc12. The number of para-hydroxylation sites is 1. The van der Waals surface area contributed by atoms with E-state index >= 15 is 0 Å². The second-order valence-electron chi connectivity index (χ2n) is 12.3. The van der Waals surface area contributed by atoms with Crippen LogP contribution >= 0.6 is 0 Å². The Morgan fingerprint density at radius 1 is 0.809 bits per heavy atom. The van der Waals surface area contributed by atoms with Crippen LogP contribution in [-0.2, 0) is 33.9 Å². The van der Waals surface area contributed by atoms with Gasteiger partial charge in [0, 0.05) is 43.7 Å². The summed E-state index contributed by atoms with van der Waals surface area (Å²) in [5.41, 5.74) is 17.5. The molecule has 1 aromatic heterocycles. The molecule has 3 atom stereocenters. The minimum absolute atomic E-state index is 0.263. The molecule has 2 heterocycles. The van der Waals surface area contributed by atoms with Crippen molar-refractivity contribution < 1.29 is 14.4 Å². The van der Waals surface area contributed by atoms with Gasteiger partial charge in [-0.25, -0.2) is 0 Å². The van der Waals surface area contributed by atoms with Crippen LogP contribution in [0, 0.1) is 0 Å². The number of nitrogens with two attached hydrogens (primary N) is 2. The summed E-state index contributed by atoms with van der Waals surface area (Å²) < 4.78 is 0. The van der Waals surface area contributed by atoms with Crippen LogP contribution in [0.3, 0.4) is 0 Å². The molecule has 0 spiro atoms. The maximum atomic E-state index is 14.3. The average molecular weight is 638 g/mol. The molecule has 1 aliphatic heterocycles. The maximum Gasteiger partial charge on any atom is 0.245 e. The summed E-state index contributed by atoms with van der Waals surface area (Å²) in [4.78, 5) is 47.0. The zero-order valence-corrected chi connectivity index (χ0v) is 27.1. The number of aromatic nitrogens is 1. The molecule has 47 heavy (non-hydrogen) atoms. The first kappa shape index (κ1) is 33.8. The fourth-order valence-corrected chi connectivity index (χ4v) is 6.33. The van der Waals surface area contributed by atoms with Crippen molar-refractivity contribution >= 4 is 28.6 Å². The summed E-state index contributed by atoms with van der Waals surface area (Å²) in [6.45, 7) is 1.69. The highest BCUT2D eigenvalue weighted by molar-refractivity contribution is 5.94. The van der Waals surface area contributed by atoms with Crippen molar-refractivity contribution in [1.29, 1.82) is 0 Å². The summed E-state index contributed by atoms with van der Waals surface area (Å²) >= 11 is 0. The quantitative estimate of drug-likeness (QED) is 0.155. The zero-order valence-electron chi connectivity index (χ0n) is 27.1. The third kappa shape index (κ3) is 8.45. The number of benzene rings is 3. The van der Waals surface area contributed by atoms with Crippen LogP contribution in [0.4, 0.5) is 0 Å². The first-order chi connectivity index (χ1) is 22.9. The van der Waals surface area contributed by atoms with E-state index in [4.69, 9.17) is 11.5 Å². The standard InChI is InChI=1S/C37H47N7O3/c1-44-34(21-28-24-41-31-15-5-4-14-30(28)31)36(46)42-23-27-11-2-3-13-29(27)26-12-8-10-25(20-26)22-40-32(17-9-19-39)35(45)43-33(37(44)47)16-6-7-18-38/h2-5,8,10-15,20,24,32-34,40-41H,6-7,9,16-19,21-23,38-39H2,1H3,(H,42,46)(H,43,45). The molecule has 4 aromatic rings. The molecule has 0 saturated carbocycles. The van der Waals surface area contributed by atoms with Gasteiger partial charge in [0.25, 0.3) is 0 Å². The smallest absolute Gasteiger partial charge is 0.245 e. The van der Waals surface area contributed by atoms with Gasteiger partial charge in [0.2, 0.25) is 17.7 Å². The number of carbonyl (C=O) groups excluding carboxylic acids is 3. The molecule has 10 nitrogen and oxygen atoms in total. The van der Waals surface area contributed by atoms with Gasteiger partial charge >= 0.3 is 0 Å². The minimum atomic E-state index is -0.826. The van der Waals surface area contributed by atoms with Gasteiger partial charge in [-0.2, -0.15) is 0 Å². The van der Waals surface area contributed by atoms with Crippen molar-refractivity contribution in [1.82, 2.24) is 25.8 Å². The van der Waals surface area contributed by atoms with Crippen LogP contribution in [0.2, 0.25) is 0 Å². The predicted octanol–water partition coefficient (Wildman–Crippen LogP) is 3.35. The number of hydrogen-bond donors (Lipinski definition) is 6. The zero-order chi connectivity index (χ0) is 33.2. The van der Waals surface area contributed by atoms with E-state index in [2.05, 4.69) is 33.1 Å². The molecule has 5 rings (SSSR count). The van der Waals surface area contributed by atoms with Crippen molar-refractivity contribution in [2.24, 2.45) is 11.5 Å². The number of unbranched alkanes of at least 4 members (excludes halogenated alkanes) is 1. The molecule has 0 radical (unpaired) electrons. The van der Waals surface area contributed by atoms with E-state index in [-0.39, 0.29) is 17.7 Å². The second kappa shape index (κ2) is 16.4. The number of fused-ring (bicyclic) bond motifs is 5. The van der Waals surface area contributed by atoms with Crippen LogP contribution in [0.1, 0.15) is 48.8 Å². The Kier molecular flexibility index (Phi) is 11.8. The largest absolute Gasteiger partial charge is 0.361 e. The summed E-state index contributed by atoms with van der Waals surface area (Å²) in [7, 11) is 1.65. The molecule has 3 unspecified atom stereocenters. The lowest BCUT2D eigenvalue weighted by Crippen LogP contribution is -2.57. The fraction of sp³-hybridized carbons (Fsp3) is 0.378. The first-order valence-corrected chi connectivity index (χ1v) is 16.6. The summed E-state index contributed by atoms with van der Waals surface area (Å²) in [6, 6.07) is 21.9. The molecule has 3 amide bonds. The Morgan fingerprint density at radius 2 is 1.57 bits per heavy atom. The van der Waals surface area contributed by atoms with E-state index in [1.165, 1.54) is 4.90 Å². The molecule has 3 aromatic carbocycles. The summed E-state index contributed by atoms with van der Waals surface area (Å²) in [5.74, 6) is -0.848. The molecule has 0 fully saturated rings. The van der Waals surface area contributed by atoms with Crippen molar-refractivity contribution in [2.45, 2.75) is 69.7 Å². The molecule has 0 aliphatic carbocycles. The van der Waals surface area contributed by atoms with E-state index in [9.17, 15) is 14.4 Å². The van der Waals surface area contributed by atoms with Crippen molar-refractivity contribution in [3.8, 4) is 11.1 Å². The number of nitrogens with zero attached hydrogens (tertiary/aromatic N) is 1. The Hall–Kier alpha value is -4.51. The van der Waals surface area contributed by atoms with Gasteiger partial charge in [-0.1, -0.05) is 60.7 Å².